The Labute approximate surface area is 137 Å². The van der Waals surface area contributed by atoms with E-state index in [1.54, 1.807) is 0 Å². The molecule has 6 N–H and O–H groups in total. The molecule has 0 aliphatic heterocycles. The molecule has 0 aliphatic rings. The van der Waals surface area contributed by atoms with Gasteiger partial charge in [0.05, 0.1) is 0 Å². The van der Waals surface area contributed by atoms with Crippen LogP contribution in [0.1, 0.15) is 0 Å². The fourth-order valence-corrected chi connectivity index (χ4v) is 0. The molecule has 0 saturated carbocycles. The quantitative estimate of drug-likeness (QED) is 0.160. The van der Waals surface area contributed by atoms with Crippen LogP contribution in [0.4, 0.5) is 0 Å². The zero-order chi connectivity index (χ0) is 12.2. The molecule has 0 spiro atoms. The summed E-state index contributed by atoms with van der Waals surface area (Å²) in [5.74, 6) is 0. The minimum Gasteiger partial charge on any atom is -0.736 e. The van der Waals surface area contributed by atoms with E-state index in [1.807, 2.05) is 0 Å². The molecule has 0 bridgehead atoms. The molecule has 0 fully saturated rings. The van der Waals surface area contributed by atoms with Crippen LogP contribution in [0.15, 0.2) is 0 Å². The minimum atomic E-state index is -4.96. The third kappa shape index (κ3) is 18.0. The van der Waals surface area contributed by atoms with Crippen LogP contribution in [0, 0.1) is 0 Å². The van der Waals surface area contributed by atoms with Gasteiger partial charge in [-0.1, -0.05) is 0 Å². The van der Waals surface area contributed by atoms with Gasteiger partial charge in [-0.25, -0.2) is 16.8 Å². The third-order valence-electron chi connectivity index (χ3n) is 0.355. The van der Waals surface area contributed by atoms with E-state index in [2.05, 4.69) is 0 Å². The monoisotopic (exact) mass is 347 g/mol. The van der Waals surface area contributed by atoms with Crippen LogP contribution in [-0.4, -0.2) is 43.5 Å². The fraction of sp³-hybridized carbons (Fsp3) is 0. The molecule has 96 valence electrons. The maximum atomic E-state index is 9.34. The molecule has 0 aliphatic carbocycles. The van der Waals surface area contributed by atoms with Crippen molar-refractivity contribution in [3.05, 3.63) is 0 Å². The predicted octanol–water partition coefficient (Wildman–Crippen LogP) is -5.15. The van der Waals surface area contributed by atoms with E-state index in [4.69, 9.17) is 13.7 Å². The van der Waals surface area contributed by atoms with Gasteiger partial charge in [-0.2, -0.15) is 8.42 Å². The van der Waals surface area contributed by atoms with Crippen molar-refractivity contribution in [3.8, 4) is 0 Å². The molecule has 2 atom stereocenters. The normalized spacial score (nSPS) is 14.2. The smallest absolute Gasteiger partial charge is 0.736 e. The van der Waals surface area contributed by atoms with Crippen LogP contribution in [0.3, 0.4) is 0 Å². The van der Waals surface area contributed by atoms with Gasteiger partial charge in [-0.15, -0.1) is 0 Å². The van der Waals surface area contributed by atoms with Crippen molar-refractivity contribution in [1.82, 2.24) is 6.15 Å². The molecule has 2 unspecified atom stereocenters. The Morgan fingerprint density at radius 3 is 1.06 bits per heavy atom. The first-order valence-electron chi connectivity index (χ1n) is 2.05. The van der Waals surface area contributed by atoms with Crippen LogP contribution in [0.5, 0.6) is 0 Å². The average molecular weight is 347 g/mol. The van der Waals surface area contributed by atoms with Crippen molar-refractivity contribution in [2.75, 3.05) is 0 Å². The van der Waals surface area contributed by atoms with E-state index in [0.29, 0.717) is 0 Å². The van der Waals surface area contributed by atoms with E-state index in [9.17, 15) is 29.8 Å². The Kier molecular flexibility index (Phi) is 17.3. The second-order valence-corrected chi connectivity index (χ2v) is 8.01. The van der Waals surface area contributed by atoms with Gasteiger partial charge in [0.25, 0.3) is 10.1 Å². The fourth-order valence-electron chi connectivity index (χ4n) is 0. The van der Waals surface area contributed by atoms with E-state index in [-0.39, 0.29) is 57.5 Å². The molecular weight excluding hydrogens is 341 g/mol. The maximum Gasteiger partial charge on any atom is 1.00 e. The van der Waals surface area contributed by atoms with Crippen molar-refractivity contribution in [2.45, 2.75) is 0 Å². The largest absolute Gasteiger partial charge is 1.00 e. The zero-order valence-corrected chi connectivity index (χ0v) is 13.9. The van der Waals surface area contributed by atoms with Crippen LogP contribution in [0.2, 0.25) is 0 Å². The van der Waals surface area contributed by atoms with Crippen LogP contribution < -0.4 is 57.5 Å². The van der Waals surface area contributed by atoms with Crippen molar-refractivity contribution in [3.63, 3.8) is 0 Å². The van der Waals surface area contributed by atoms with E-state index in [0.717, 1.165) is 0 Å². The number of rotatable bonds is 2. The van der Waals surface area contributed by atoms with Crippen molar-refractivity contribution in [1.29, 1.82) is 0 Å². The second-order valence-electron chi connectivity index (χ2n) is 1.27. The minimum absolute atomic E-state index is 0. The van der Waals surface area contributed by atoms with Crippen molar-refractivity contribution < 1.29 is 94.8 Å². The Morgan fingerprint density at radius 2 is 1.06 bits per heavy atom. The molecule has 0 aromatic rings. The zero-order valence-electron chi connectivity index (χ0n) is 7.54. The molecule has 0 aromatic carbocycles. The van der Waals surface area contributed by atoms with E-state index < -0.39 is 38.5 Å². The molecule has 0 amide bonds. The van der Waals surface area contributed by atoms with Gasteiger partial charge < -0.3 is 10.7 Å². The predicted molar refractivity (Wildman–Crippen MR) is 47.8 cm³/mol. The number of hydrogen-bond donors (Lipinski definition) is 4. The Hall–Kier alpha value is 1.64. The molecule has 0 rings (SSSR count). The van der Waals surface area contributed by atoms with E-state index in [1.165, 1.54) is 0 Å². The van der Waals surface area contributed by atoms with Gasteiger partial charge in [0.2, 0.25) is 9.15 Å². The standard InChI is InChI=1S/K.H3N.2H2O5S2/c;;2*1-6(2)7(3,4)5/h;1H3;2*(H,1,2)(H,3,4,5)/q+1;;;/p-1. The summed E-state index contributed by atoms with van der Waals surface area (Å²) in [5.41, 5.74) is 0. The van der Waals surface area contributed by atoms with Crippen LogP contribution >= 0.6 is 0 Å². The summed E-state index contributed by atoms with van der Waals surface area (Å²) in [5, 5.41) is 0. The molecule has 11 nitrogen and oxygen atoms in total. The molecule has 0 radical (unpaired) electrons. The maximum absolute atomic E-state index is 9.34. The summed E-state index contributed by atoms with van der Waals surface area (Å²) in [6, 6.07) is 0. The molecule has 16 heteroatoms. The first kappa shape index (κ1) is 26.2. The first-order valence-corrected chi connectivity index (χ1v) is 8.14. The summed E-state index contributed by atoms with van der Waals surface area (Å²) in [4.78, 5) is 0. The molecule has 0 aromatic heterocycles. The molecular formula is H6KNO10S4. The van der Waals surface area contributed by atoms with Gasteiger partial charge in [0.15, 0.2) is 0 Å². The van der Waals surface area contributed by atoms with Gasteiger partial charge in [0, 0.05) is 0 Å². The van der Waals surface area contributed by atoms with Gasteiger partial charge >= 0.3 is 70.6 Å². The van der Waals surface area contributed by atoms with Crippen LogP contribution in [0.25, 0.3) is 0 Å². The summed E-state index contributed by atoms with van der Waals surface area (Å²) >= 11 is 0. The van der Waals surface area contributed by atoms with E-state index >= 15 is 0 Å². The summed E-state index contributed by atoms with van der Waals surface area (Å²) < 4.78 is 87.4. The average Bonchev–Trinajstić information content (AvgIpc) is 1.83. The Morgan fingerprint density at radius 1 is 0.938 bits per heavy atom. The molecule has 0 heterocycles. The van der Waals surface area contributed by atoms with Gasteiger partial charge in [0.1, 0.15) is 0 Å². The first-order chi connectivity index (χ1) is 5.89. The SMILES string of the molecule is N.O=S(O)S(=O)(=O)O.O=S(O)S(=O)(=O)[O-].[K+]. The third-order valence-corrected chi connectivity index (χ3v) is 3.19. The summed E-state index contributed by atoms with van der Waals surface area (Å²) in [6.45, 7) is 0. The van der Waals surface area contributed by atoms with Crippen LogP contribution in [-0.2, 0) is 38.5 Å². The van der Waals surface area contributed by atoms with Crippen molar-refractivity contribution in [2.24, 2.45) is 0 Å². The summed E-state index contributed by atoms with van der Waals surface area (Å²) in [6.07, 6.45) is 0. The Bertz CT molecular complexity index is 374. The van der Waals surface area contributed by atoms with Gasteiger partial charge in [-0.05, 0) is 0 Å². The Balaban J connectivity index is -0.0000000800. The second kappa shape index (κ2) is 10.5. The number of hydrogen-bond acceptors (Lipinski definition) is 8. The topological polar surface area (TPSA) is 221 Å². The summed E-state index contributed by atoms with van der Waals surface area (Å²) in [7, 11) is -16.1. The van der Waals surface area contributed by atoms with Gasteiger partial charge in [-0.3, -0.25) is 13.7 Å². The van der Waals surface area contributed by atoms with Crippen molar-refractivity contribution >= 4 is 38.5 Å². The molecule has 0 saturated heterocycles. The molecule has 16 heavy (non-hydrogen) atoms.